The molecule has 1 aromatic carbocycles. The Labute approximate surface area is 171 Å². The predicted molar refractivity (Wildman–Crippen MR) is 107 cm³/mol. The van der Waals surface area contributed by atoms with Crippen molar-refractivity contribution in [1.29, 1.82) is 0 Å². The van der Waals surface area contributed by atoms with Crippen LogP contribution in [0.1, 0.15) is 26.7 Å². The highest BCUT2D eigenvalue weighted by atomic mass is 79.9. The molecule has 1 aromatic heterocycles. The van der Waals surface area contributed by atoms with E-state index >= 15 is 0 Å². The minimum atomic E-state index is -0.507. The SMILES string of the molecule is CC(C)C1C(=O)N(C2CC2)C(=O)N1c1cn2c(n1)-c1ccc(Br)cc1OCC2. The van der Waals surface area contributed by atoms with E-state index in [0.29, 0.717) is 19.0 Å². The van der Waals surface area contributed by atoms with Crippen LogP contribution in [0.3, 0.4) is 0 Å². The lowest BCUT2D eigenvalue weighted by Gasteiger charge is -2.22. The normalized spacial score (nSPS) is 21.6. The summed E-state index contributed by atoms with van der Waals surface area (Å²) in [5, 5.41) is 0. The van der Waals surface area contributed by atoms with Gasteiger partial charge >= 0.3 is 6.03 Å². The number of ether oxygens (including phenoxy) is 1. The Morgan fingerprint density at radius 2 is 2.00 bits per heavy atom. The molecule has 1 aliphatic carbocycles. The van der Waals surface area contributed by atoms with Gasteiger partial charge in [-0.15, -0.1) is 0 Å². The number of hydrogen-bond acceptors (Lipinski definition) is 4. The third-order valence-electron chi connectivity index (χ3n) is 5.51. The second-order valence-corrected chi connectivity index (χ2v) is 8.80. The van der Waals surface area contributed by atoms with Gasteiger partial charge in [0.1, 0.15) is 24.2 Å². The number of carbonyl (C=O) groups excluding carboxylic acids is 2. The van der Waals surface area contributed by atoms with Crippen molar-refractivity contribution < 1.29 is 14.3 Å². The maximum atomic E-state index is 13.1. The molecule has 0 spiro atoms. The van der Waals surface area contributed by atoms with E-state index < -0.39 is 6.04 Å². The highest BCUT2D eigenvalue weighted by molar-refractivity contribution is 9.10. The highest BCUT2D eigenvalue weighted by Crippen LogP contribution is 2.39. The topological polar surface area (TPSA) is 67.7 Å². The Bertz CT molecular complexity index is 982. The van der Waals surface area contributed by atoms with Gasteiger partial charge < -0.3 is 9.30 Å². The number of benzene rings is 1. The fourth-order valence-corrected chi connectivity index (χ4v) is 4.37. The molecule has 2 aliphatic heterocycles. The number of rotatable bonds is 3. The summed E-state index contributed by atoms with van der Waals surface area (Å²) < 4.78 is 8.80. The van der Waals surface area contributed by atoms with E-state index in [0.717, 1.165) is 34.5 Å². The van der Waals surface area contributed by atoms with Crippen molar-refractivity contribution >= 4 is 33.7 Å². The molecule has 7 nitrogen and oxygen atoms in total. The van der Waals surface area contributed by atoms with Gasteiger partial charge in [-0.1, -0.05) is 29.8 Å². The third-order valence-corrected chi connectivity index (χ3v) is 6.00. The van der Waals surface area contributed by atoms with Gasteiger partial charge in [0.05, 0.1) is 12.1 Å². The van der Waals surface area contributed by atoms with Crippen LogP contribution in [-0.2, 0) is 11.3 Å². The molecule has 5 rings (SSSR count). The molecule has 3 aliphatic rings. The van der Waals surface area contributed by atoms with Crippen molar-refractivity contribution in [3.05, 3.63) is 28.9 Å². The van der Waals surface area contributed by atoms with Crippen molar-refractivity contribution in [1.82, 2.24) is 14.5 Å². The quantitative estimate of drug-likeness (QED) is 0.677. The van der Waals surface area contributed by atoms with E-state index in [4.69, 9.17) is 9.72 Å². The summed E-state index contributed by atoms with van der Waals surface area (Å²) in [5.41, 5.74) is 0.880. The Balaban J connectivity index is 1.59. The number of anilines is 1. The van der Waals surface area contributed by atoms with E-state index in [1.165, 1.54) is 4.90 Å². The van der Waals surface area contributed by atoms with Crippen LogP contribution in [0.5, 0.6) is 5.75 Å². The molecule has 1 saturated heterocycles. The lowest BCUT2D eigenvalue weighted by Crippen LogP contribution is -2.39. The van der Waals surface area contributed by atoms with E-state index in [1.54, 1.807) is 4.90 Å². The van der Waals surface area contributed by atoms with Crippen molar-refractivity contribution in [3.8, 4) is 17.1 Å². The third kappa shape index (κ3) is 2.65. The minimum Gasteiger partial charge on any atom is -0.491 e. The summed E-state index contributed by atoms with van der Waals surface area (Å²) in [6.07, 6.45) is 3.66. The molecule has 1 unspecified atom stereocenters. The summed E-state index contributed by atoms with van der Waals surface area (Å²) in [6.45, 7) is 5.09. The molecule has 0 radical (unpaired) electrons. The summed E-state index contributed by atoms with van der Waals surface area (Å²) in [4.78, 5) is 33.9. The fourth-order valence-electron chi connectivity index (χ4n) is 4.03. The van der Waals surface area contributed by atoms with Gasteiger partial charge in [0.25, 0.3) is 5.91 Å². The molecule has 3 heterocycles. The van der Waals surface area contributed by atoms with E-state index in [9.17, 15) is 9.59 Å². The van der Waals surface area contributed by atoms with Crippen LogP contribution in [0.25, 0.3) is 11.4 Å². The molecule has 0 bridgehead atoms. The van der Waals surface area contributed by atoms with Crippen molar-refractivity contribution in [2.24, 2.45) is 5.92 Å². The van der Waals surface area contributed by atoms with Gasteiger partial charge in [-0.25, -0.2) is 9.78 Å². The predicted octanol–water partition coefficient (Wildman–Crippen LogP) is 3.66. The van der Waals surface area contributed by atoms with Crippen LogP contribution in [0.2, 0.25) is 0 Å². The maximum Gasteiger partial charge on any atom is 0.333 e. The molecule has 1 saturated carbocycles. The van der Waals surface area contributed by atoms with Gasteiger partial charge in [0, 0.05) is 16.7 Å². The minimum absolute atomic E-state index is 0.00767. The standard InChI is InChI=1S/C20H21BrN4O3/c1-11(2)17-19(26)24(13-4-5-13)20(27)25(17)16-10-23-7-8-28-15-9-12(21)3-6-14(15)18(23)22-16/h3,6,9-11,13,17H,4-5,7-8H2,1-2H3. The number of halogens is 1. The average Bonchev–Trinajstić information content (AvgIpc) is 3.36. The largest absolute Gasteiger partial charge is 0.491 e. The first-order valence-corrected chi connectivity index (χ1v) is 10.4. The number of fused-ring (bicyclic) bond motifs is 3. The van der Waals surface area contributed by atoms with E-state index in [-0.39, 0.29) is 23.9 Å². The molecule has 0 N–H and O–H groups in total. The number of urea groups is 1. The summed E-state index contributed by atoms with van der Waals surface area (Å²) in [6, 6.07) is 5.14. The Morgan fingerprint density at radius 1 is 1.21 bits per heavy atom. The van der Waals surface area contributed by atoms with Gasteiger partial charge in [-0.05, 0) is 37.0 Å². The number of imide groups is 1. The molecule has 2 fully saturated rings. The second kappa shape index (κ2) is 6.34. The number of nitrogens with zero attached hydrogens (tertiary/aromatic N) is 4. The van der Waals surface area contributed by atoms with Crippen LogP contribution < -0.4 is 9.64 Å². The first kappa shape index (κ1) is 17.7. The molecule has 1 atom stereocenters. The summed E-state index contributed by atoms with van der Waals surface area (Å²) >= 11 is 3.48. The van der Waals surface area contributed by atoms with E-state index in [1.807, 2.05) is 42.8 Å². The molecule has 28 heavy (non-hydrogen) atoms. The lowest BCUT2D eigenvalue weighted by atomic mass is 10.0. The number of hydrogen-bond donors (Lipinski definition) is 0. The van der Waals surface area contributed by atoms with Crippen LogP contribution in [0.4, 0.5) is 10.6 Å². The smallest absolute Gasteiger partial charge is 0.333 e. The first-order valence-electron chi connectivity index (χ1n) is 9.62. The molecular weight excluding hydrogens is 424 g/mol. The zero-order valence-corrected chi connectivity index (χ0v) is 17.3. The van der Waals surface area contributed by atoms with Gasteiger partial charge in [-0.2, -0.15) is 0 Å². The van der Waals surface area contributed by atoms with Crippen LogP contribution >= 0.6 is 15.9 Å². The lowest BCUT2D eigenvalue weighted by molar-refractivity contribution is -0.128. The summed E-state index contributed by atoms with van der Waals surface area (Å²) in [7, 11) is 0. The Kier molecular flexibility index (Phi) is 4.01. The number of aromatic nitrogens is 2. The van der Waals surface area contributed by atoms with Crippen molar-refractivity contribution in [3.63, 3.8) is 0 Å². The van der Waals surface area contributed by atoms with Gasteiger partial charge in [-0.3, -0.25) is 14.6 Å². The second-order valence-electron chi connectivity index (χ2n) is 7.89. The molecule has 146 valence electrons. The van der Waals surface area contributed by atoms with Crippen LogP contribution in [0.15, 0.2) is 28.9 Å². The van der Waals surface area contributed by atoms with Crippen molar-refractivity contribution in [2.45, 2.75) is 45.3 Å². The first-order chi connectivity index (χ1) is 13.5. The molecule has 8 heteroatoms. The zero-order chi connectivity index (χ0) is 19.6. The highest BCUT2D eigenvalue weighted by Gasteiger charge is 2.53. The maximum absolute atomic E-state index is 13.1. The summed E-state index contributed by atoms with van der Waals surface area (Å²) in [5.74, 6) is 1.95. The van der Waals surface area contributed by atoms with Gasteiger partial charge in [0.2, 0.25) is 0 Å². The number of carbonyl (C=O) groups is 2. The zero-order valence-electron chi connectivity index (χ0n) is 15.8. The molecular formula is C20H21BrN4O3. The molecule has 2 aromatic rings. The average molecular weight is 445 g/mol. The number of amides is 3. The van der Waals surface area contributed by atoms with Crippen molar-refractivity contribution in [2.75, 3.05) is 11.5 Å². The van der Waals surface area contributed by atoms with Crippen LogP contribution in [-0.4, -0.2) is 45.1 Å². The van der Waals surface area contributed by atoms with Gasteiger partial charge in [0.15, 0.2) is 5.82 Å². The number of imidazole rings is 1. The van der Waals surface area contributed by atoms with E-state index in [2.05, 4.69) is 15.9 Å². The molecule has 3 amide bonds. The monoisotopic (exact) mass is 444 g/mol. The van der Waals surface area contributed by atoms with Crippen LogP contribution in [0, 0.1) is 5.92 Å². The Hall–Kier alpha value is -2.35. The fraction of sp³-hybridized carbons (Fsp3) is 0.450. The Morgan fingerprint density at radius 3 is 2.71 bits per heavy atom.